The smallest absolute Gasteiger partial charge is 0.399 e. The first-order valence-electron chi connectivity index (χ1n) is 6.96. The molecule has 1 N–H and O–H groups in total. The second-order valence-corrected chi connectivity index (χ2v) is 8.05. The number of pyridine rings is 1. The molecule has 0 aliphatic carbocycles. The highest BCUT2D eigenvalue weighted by molar-refractivity contribution is 7.90. The van der Waals surface area contributed by atoms with Gasteiger partial charge in [0.15, 0.2) is 5.82 Å². The molecule has 3 heterocycles. The number of nitrogens with zero attached hydrogens (tertiary/aromatic N) is 2. The van der Waals surface area contributed by atoms with Gasteiger partial charge in [0.2, 0.25) is 0 Å². The number of anilines is 1. The number of aromatic nitrogens is 1. The predicted molar refractivity (Wildman–Crippen MR) is 83.9 cm³/mol. The first kappa shape index (κ1) is 15.5. The molecule has 1 saturated heterocycles. The van der Waals surface area contributed by atoms with Crippen molar-refractivity contribution in [2.75, 3.05) is 5.32 Å². The summed E-state index contributed by atoms with van der Waals surface area (Å²) in [6, 6.07) is 1.50. The lowest BCUT2D eigenvalue weighted by Crippen LogP contribution is -2.41. The summed E-state index contributed by atoms with van der Waals surface area (Å²) in [5, 5.41) is 2.84. The van der Waals surface area contributed by atoms with Gasteiger partial charge in [0, 0.05) is 11.7 Å². The average molecular weight is 323 g/mol. The maximum Gasteiger partial charge on any atom is 0.496 e. The summed E-state index contributed by atoms with van der Waals surface area (Å²) < 4.78 is 39.8. The normalized spacial score (nSPS) is 24.4. The average Bonchev–Trinajstić information content (AvgIpc) is 2.57. The van der Waals surface area contributed by atoms with Crippen LogP contribution in [0.2, 0.25) is 0 Å². The van der Waals surface area contributed by atoms with Gasteiger partial charge in [-0.05, 0) is 40.7 Å². The van der Waals surface area contributed by atoms with Crippen LogP contribution in [-0.2, 0) is 19.3 Å². The fourth-order valence-corrected chi connectivity index (χ4v) is 3.42. The maximum atomic E-state index is 12.2. The zero-order valence-electron chi connectivity index (χ0n) is 13.2. The zero-order valence-corrected chi connectivity index (χ0v) is 14.0. The van der Waals surface area contributed by atoms with Crippen LogP contribution in [0.4, 0.5) is 5.82 Å². The molecule has 22 heavy (non-hydrogen) atoms. The monoisotopic (exact) mass is 323 g/mol. The Labute approximate surface area is 130 Å². The molecule has 0 atom stereocenters. The van der Waals surface area contributed by atoms with Crippen LogP contribution in [0.15, 0.2) is 21.6 Å². The predicted octanol–water partition coefficient (Wildman–Crippen LogP) is 0.913. The summed E-state index contributed by atoms with van der Waals surface area (Å²) in [5.41, 5.74) is -0.448. The number of rotatable bonds is 1. The number of fused-ring (bicyclic) bond motifs is 1. The SMILES string of the molecule is CC1=NS(=O)(=O)c2cc(B3OC(C)(C)C(C)(C)O3)cnc2N1. The molecule has 0 bridgehead atoms. The summed E-state index contributed by atoms with van der Waals surface area (Å²) >= 11 is 0. The number of nitrogens with one attached hydrogen (secondary N) is 1. The second-order valence-electron chi connectivity index (χ2n) is 6.48. The van der Waals surface area contributed by atoms with Crippen molar-refractivity contribution in [2.24, 2.45) is 4.40 Å². The van der Waals surface area contributed by atoms with Crippen molar-refractivity contribution in [1.29, 1.82) is 0 Å². The van der Waals surface area contributed by atoms with E-state index in [2.05, 4.69) is 14.7 Å². The third-order valence-corrected chi connectivity index (χ3v) is 5.61. The van der Waals surface area contributed by atoms with Gasteiger partial charge in [-0.25, -0.2) is 4.98 Å². The summed E-state index contributed by atoms with van der Waals surface area (Å²) in [6.45, 7) is 9.31. The summed E-state index contributed by atoms with van der Waals surface area (Å²) in [7, 11) is -4.41. The Morgan fingerprint density at radius 1 is 1.18 bits per heavy atom. The molecule has 9 heteroatoms. The number of amidine groups is 1. The highest BCUT2D eigenvalue weighted by atomic mass is 32.2. The summed E-state index contributed by atoms with van der Waals surface area (Å²) in [5.74, 6) is 0.566. The Morgan fingerprint density at radius 2 is 1.77 bits per heavy atom. The minimum absolute atomic E-state index is 0.0327. The maximum absolute atomic E-state index is 12.2. The van der Waals surface area contributed by atoms with Crippen LogP contribution in [0.3, 0.4) is 0 Å². The molecule has 0 saturated carbocycles. The lowest BCUT2D eigenvalue weighted by molar-refractivity contribution is 0.00578. The Balaban J connectivity index is 2.01. The van der Waals surface area contributed by atoms with Gasteiger partial charge < -0.3 is 14.6 Å². The molecule has 0 radical (unpaired) electrons. The first-order valence-corrected chi connectivity index (χ1v) is 8.40. The summed E-state index contributed by atoms with van der Waals surface area (Å²) in [4.78, 5) is 4.21. The van der Waals surface area contributed by atoms with E-state index in [4.69, 9.17) is 9.31 Å². The molecule has 1 aromatic heterocycles. The van der Waals surface area contributed by atoms with Crippen molar-refractivity contribution in [1.82, 2.24) is 4.98 Å². The first-order chi connectivity index (χ1) is 10.0. The molecule has 2 aliphatic heterocycles. The molecule has 1 aromatic rings. The lowest BCUT2D eigenvalue weighted by atomic mass is 9.80. The van der Waals surface area contributed by atoms with Crippen molar-refractivity contribution in [3.8, 4) is 0 Å². The van der Waals surface area contributed by atoms with E-state index in [-0.39, 0.29) is 10.7 Å². The van der Waals surface area contributed by atoms with Crippen molar-refractivity contribution in [2.45, 2.75) is 50.7 Å². The van der Waals surface area contributed by atoms with Gasteiger partial charge in [-0.2, -0.15) is 8.42 Å². The Morgan fingerprint density at radius 3 is 2.36 bits per heavy atom. The Kier molecular flexibility index (Phi) is 3.18. The number of hydrogen-bond acceptors (Lipinski definition) is 6. The van der Waals surface area contributed by atoms with E-state index in [1.807, 2.05) is 27.7 Å². The standard InChI is InChI=1S/C13H18BN3O4S/c1-8-16-11-10(22(18,19)17-8)6-9(7-15-11)14-20-12(2,3)13(4,5)21-14/h6-7H,1-5H3,(H,15,16,17). The van der Waals surface area contributed by atoms with Gasteiger partial charge in [-0.15, -0.1) is 4.40 Å². The molecular weight excluding hydrogens is 305 g/mol. The molecular formula is C13H18BN3O4S. The van der Waals surface area contributed by atoms with Gasteiger partial charge in [-0.3, -0.25) is 0 Å². The van der Waals surface area contributed by atoms with Gasteiger partial charge in [0.25, 0.3) is 10.0 Å². The highest BCUT2D eigenvalue weighted by Crippen LogP contribution is 2.36. The molecule has 7 nitrogen and oxygen atoms in total. The van der Waals surface area contributed by atoms with E-state index in [0.29, 0.717) is 11.3 Å². The van der Waals surface area contributed by atoms with E-state index < -0.39 is 28.3 Å². The second kappa shape index (κ2) is 4.53. The van der Waals surface area contributed by atoms with Crippen LogP contribution in [0.5, 0.6) is 0 Å². The van der Waals surface area contributed by atoms with Crippen LogP contribution < -0.4 is 10.8 Å². The molecule has 0 spiro atoms. The van der Waals surface area contributed by atoms with Crippen LogP contribution >= 0.6 is 0 Å². The number of hydrogen-bond donors (Lipinski definition) is 1. The van der Waals surface area contributed by atoms with Crippen molar-refractivity contribution in [3.63, 3.8) is 0 Å². The fourth-order valence-electron chi connectivity index (χ4n) is 2.28. The van der Waals surface area contributed by atoms with E-state index in [1.165, 1.54) is 6.07 Å². The van der Waals surface area contributed by atoms with E-state index in [9.17, 15) is 8.42 Å². The van der Waals surface area contributed by atoms with Crippen LogP contribution in [0.25, 0.3) is 0 Å². The van der Waals surface area contributed by atoms with Crippen LogP contribution in [0, 0.1) is 0 Å². The van der Waals surface area contributed by atoms with Gasteiger partial charge in [0.1, 0.15) is 10.7 Å². The zero-order chi connectivity index (χ0) is 16.3. The minimum Gasteiger partial charge on any atom is -0.399 e. The molecule has 2 aliphatic rings. The van der Waals surface area contributed by atoms with Crippen LogP contribution in [-0.4, -0.2) is 37.6 Å². The Hall–Kier alpha value is -1.45. The van der Waals surface area contributed by atoms with Crippen LogP contribution in [0.1, 0.15) is 34.6 Å². The molecule has 0 aromatic carbocycles. The summed E-state index contributed by atoms with van der Waals surface area (Å²) in [6.07, 6.45) is 1.56. The number of sulfonamides is 1. The third kappa shape index (κ3) is 2.33. The van der Waals surface area contributed by atoms with Crippen molar-refractivity contribution >= 4 is 34.3 Å². The highest BCUT2D eigenvalue weighted by Gasteiger charge is 2.52. The van der Waals surface area contributed by atoms with Crippen molar-refractivity contribution in [3.05, 3.63) is 12.3 Å². The Bertz CT molecular complexity index is 757. The molecule has 118 valence electrons. The molecule has 0 unspecified atom stereocenters. The third-order valence-electron chi connectivity index (χ3n) is 4.23. The molecule has 0 amide bonds. The van der Waals surface area contributed by atoms with Crippen molar-refractivity contribution < 1.29 is 17.7 Å². The van der Waals surface area contributed by atoms with Gasteiger partial charge in [0.05, 0.1) is 11.2 Å². The van der Waals surface area contributed by atoms with E-state index in [1.54, 1.807) is 13.1 Å². The fraction of sp³-hybridized carbons (Fsp3) is 0.538. The largest absolute Gasteiger partial charge is 0.496 e. The topological polar surface area (TPSA) is 89.9 Å². The lowest BCUT2D eigenvalue weighted by Gasteiger charge is -2.32. The quantitative estimate of drug-likeness (QED) is 0.773. The van der Waals surface area contributed by atoms with Gasteiger partial charge in [-0.1, -0.05) is 0 Å². The minimum atomic E-state index is -3.75. The van der Waals surface area contributed by atoms with E-state index >= 15 is 0 Å². The van der Waals surface area contributed by atoms with Gasteiger partial charge >= 0.3 is 7.12 Å². The van der Waals surface area contributed by atoms with E-state index in [0.717, 1.165) is 0 Å². The molecule has 1 fully saturated rings. The molecule has 3 rings (SSSR count).